The van der Waals surface area contributed by atoms with E-state index in [2.05, 4.69) is 71.9 Å². The van der Waals surface area contributed by atoms with Crippen LogP contribution in [0, 0.1) is 0 Å². The largest absolute Gasteiger partial charge is 0.543 e. The molecule has 0 aliphatic heterocycles. The fraction of sp³-hybridized carbons (Fsp3) is 0.462. The van der Waals surface area contributed by atoms with Crippen LogP contribution >= 0.6 is 0 Å². The van der Waals surface area contributed by atoms with E-state index in [1.807, 2.05) is 12.1 Å². The highest BCUT2D eigenvalue weighted by Gasteiger charge is 2.33. The van der Waals surface area contributed by atoms with Gasteiger partial charge in [0.2, 0.25) is 16.6 Å². The van der Waals surface area contributed by atoms with E-state index in [4.69, 9.17) is 8.85 Å². The van der Waals surface area contributed by atoms with Crippen molar-refractivity contribution in [2.45, 2.75) is 77.8 Å². The molecular weight excluding hydrogens is 416 g/mol. The van der Waals surface area contributed by atoms with E-state index in [1.165, 1.54) is 0 Å². The second-order valence-corrected chi connectivity index (χ2v) is 17.7. The van der Waals surface area contributed by atoms with E-state index in [0.29, 0.717) is 0 Å². The number of hydrogen-bond acceptors (Lipinski definition) is 3. The number of hydrogen-bond donors (Lipinski definition) is 1. The zero-order valence-electron chi connectivity index (χ0n) is 20.2. The molecule has 5 heteroatoms. The number of benzene rings is 2. The molecule has 0 saturated heterocycles. The highest BCUT2D eigenvalue weighted by Crippen LogP contribution is 2.33. The first-order chi connectivity index (χ1) is 14.9. The van der Waals surface area contributed by atoms with Gasteiger partial charge in [-0.3, -0.25) is 0 Å². The van der Waals surface area contributed by atoms with Crippen LogP contribution in [0.3, 0.4) is 0 Å². The molecule has 3 nitrogen and oxygen atoms in total. The minimum absolute atomic E-state index is 0.281. The van der Waals surface area contributed by atoms with Gasteiger partial charge < -0.3 is 14.0 Å². The molecule has 2 aromatic rings. The van der Waals surface area contributed by atoms with Crippen LogP contribution in [0.4, 0.5) is 0 Å². The van der Waals surface area contributed by atoms with Crippen molar-refractivity contribution in [2.75, 3.05) is 0 Å². The zero-order chi connectivity index (χ0) is 22.9. The first-order valence-corrected chi connectivity index (χ1v) is 16.9. The predicted molar refractivity (Wildman–Crippen MR) is 139 cm³/mol. The molecule has 0 spiro atoms. The van der Waals surface area contributed by atoms with E-state index in [-0.39, 0.29) is 5.75 Å². The van der Waals surface area contributed by atoms with Crippen LogP contribution in [0.15, 0.2) is 42.5 Å². The minimum Gasteiger partial charge on any atom is -0.543 e. The Morgan fingerprint density at radius 3 is 1.39 bits per heavy atom. The maximum atomic E-state index is 9.52. The molecule has 2 aromatic carbocycles. The second-order valence-electron chi connectivity index (χ2n) is 8.35. The summed E-state index contributed by atoms with van der Waals surface area (Å²) in [4.78, 5) is 0. The molecule has 1 N–H and O–H groups in total. The predicted octanol–water partition coefficient (Wildman–Crippen LogP) is 8.33. The van der Waals surface area contributed by atoms with Gasteiger partial charge in [-0.25, -0.2) is 0 Å². The molecule has 0 heterocycles. The highest BCUT2D eigenvalue weighted by molar-refractivity contribution is 6.74. The Morgan fingerprint density at radius 2 is 1.00 bits per heavy atom. The second kappa shape index (κ2) is 11.6. The molecule has 0 radical (unpaired) electrons. The van der Waals surface area contributed by atoms with Gasteiger partial charge in [-0.2, -0.15) is 0 Å². The van der Waals surface area contributed by atoms with Gasteiger partial charge in [0.05, 0.1) is 0 Å². The molecule has 31 heavy (non-hydrogen) atoms. The van der Waals surface area contributed by atoms with Gasteiger partial charge >= 0.3 is 0 Å². The van der Waals surface area contributed by atoms with E-state index < -0.39 is 16.6 Å². The van der Waals surface area contributed by atoms with Crippen LogP contribution < -0.4 is 8.85 Å². The summed E-state index contributed by atoms with van der Waals surface area (Å²) in [5.74, 6) is 2.15. The van der Waals surface area contributed by atoms with Crippen molar-refractivity contribution in [3.8, 4) is 17.2 Å². The van der Waals surface area contributed by atoms with Crippen molar-refractivity contribution in [2.24, 2.45) is 0 Å². The van der Waals surface area contributed by atoms with Gasteiger partial charge in [-0.05, 0) is 71.7 Å². The Kier molecular flexibility index (Phi) is 9.44. The Labute approximate surface area is 191 Å². The minimum atomic E-state index is -1.78. The third-order valence-electron chi connectivity index (χ3n) is 6.80. The average molecular weight is 457 g/mol. The lowest BCUT2D eigenvalue weighted by molar-refractivity contribution is 0.475. The molecule has 0 saturated carbocycles. The van der Waals surface area contributed by atoms with E-state index >= 15 is 0 Å². The summed E-state index contributed by atoms with van der Waals surface area (Å²) in [5.41, 5.74) is 2.13. The molecule has 0 unspecified atom stereocenters. The van der Waals surface area contributed by atoms with Crippen molar-refractivity contribution in [3.63, 3.8) is 0 Å². The van der Waals surface area contributed by atoms with Crippen LogP contribution in [0.25, 0.3) is 12.2 Å². The Balaban J connectivity index is 2.44. The van der Waals surface area contributed by atoms with Crippen LogP contribution in [0.5, 0.6) is 17.2 Å². The monoisotopic (exact) mass is 456 g/mol. The van der Waals surface area contributed by atoms with Crippen molar-refractivity contribution in [1.82, 2.24) is 0 Å². The molecule has 0 atom stereocenters. The number of aromatic hydroxyl groups is 1. The molecular formula is C26H40O3Si2. The SMILES string of the molecule is CC[Si](CC)(CC)Oc1cc(/C=C/c2ccc(O)cc2)cc(O[Si](CC)(CC)CC)c1. The topological polar surface area (TPSA) is 38.7 Å². The lowest BCUT2D eigenvalue weighted by Gasteiger charge is -2.31. The summed E-state index contributed by atoms with van der Waals surface area (Å²) in [6, 6.07) is 20.3. The van der Waals surface area contributed by atoms with Gasteiger partial charge in [-0.15, -0.1) is 0 Å². The quantitative estimate of drug-likeness (QED) is 0.258. The van der Waals surface area contributed by atoms with Gasteiger partial charge in [0.15, 0.2) is 0 Å². The summed E-state index contributed by atoms with van der Waals surface area (Å²) in [7, 11) is -3.55. The van der Waals surface area contributed by atoms with E-state index in [1.54, 1.807) is 12.1 Å². The van der Waals surface area contributed by atoms with Crippen LogP contribution in [0.1, 0.15) is 52.7 Å². The maximum Gasteiger partial charge on any atom is 0.250 e. The van der Waals surface area contributed by atoms with E-state index in [9.17, 15) is 5.11 Å². The number of phenolic OH excluding ortho intramolecular Hbond substituents is 1. The third kappa shape index (κ3) is 6.75. The van der Waals surface area contributed by atoms with Crippen molar-refractivity contribution in [3.05, 3.63) is 53.6 Å². The van der Waals surface area contributed by atoms with Gasteiger partial charge in [0.1, 0.15) is 17.2 Å². The Bertz CT molecular complexity index is 781. The maximum absolute atomic E-state index is 9.52. The Morgan fingerprint density at radius 1 is 0.613 bits per heavy atom. The summed E-state index contributed by atoms with van der Waals surface area (Å²) < 4.78 is 13.4. The van der Waals surface area contributed by atoms with Gasteiger partial charge in [0.25, 0.3) is 0 Å². The zero-order valence-corrected chi connectivity index (χ0v) is 22.2. The molecule has 0 amide bonds. The third-order valence-corrected chi connectivity index (χ3v) is 15.9. The average Bonchev–Trinajstić information content (AvgIpc) is 2.81. The summed E-state index contributed by atoms with van der Waals surface area (Å²) in [6.07, 6.45) is 4.17. The smallest absolute Gasteiger partial charge is 0.250 e. The highest BCUT2D eigenvalue weighted by atomic mass is 28.4. The summed E-state index contributed by atoms with van der Waals surface area (Å²) >= 11 is 0. The molecule has 2 rings (SSSR count). The van der Waals surface area contributed by atoms with Crippen LogP contribution in [0.2, 0.25) is 36.3 Å². The lowest BCUT2D eigenvalue weighted by Crippen LogP contribution is -2.40. The van der Waals surface area contributed by atoms with Crippen molar-refractivity contribution >= 4 is 28.8 Å². The lowest BCUT2D eigenvalue weighted by atomic mass is 10.1. The molecule has 0 aliphatic rings. The molecule has 0 aliphatic carbocycles. The van der Waals surface area contributed by atoms with Crippen LogP contribution in [-0.2, 0) is 0 Å². The Hall–Kier alpha value is -1.99. The molecule has 170 valence electrons. The van der Waals surface area contributed by atoms with Crippen molar-refractivity contribution in [1.29, 1.82) is 0 Å². The summed E-state index contributed by atoms with van der Waals surface area (Å²) in [5, 5.41) is 9.52. The molecule has 0 bridgehead atoms. The van der Waals surface area contributed by atoms with Crippen LogP contribution in [-0.4, -0.2) is 21.7 Å². The fourth-order valence-electron chi connectivity index (χ4n) is 4.02. The molecule has 0 aromatic heterocycles. The standard InChI is InChI=1S/C26H40O3Si2/c1-7-30(8-2,9-3)28-25-19-23(14-13-22-15-17-24(27)18-16-22)20-26(21-25)29-31(10-4,11-5)12-6/h13-21,27H,7-12H2,1-6H3/b14-13+. The van der Waals surface area contributed by atoms with E-state index in [0.717, 1.165) is 58.9 Å². The first kappa shape index (κ1) is 25.3. The first-order valence-electron chi connectivity index (χ1n) is 11.9. The molecule has 0 fully saturated rings. The van der Waals surface area contributed by atoms with Crippen molar-refractivity contribution < 1.29 is 14.0 Å². The summed E-state index contributed by atoms with van der Waals surface area (Å²) in [6.45, 7) is 13.5. The normalized spacial score (nSPS) is 12.3. The van der Waals surface area contributed by atoms with Gasteiger partial charge in [-0.1, -0.05) is 65.8 Å². The number of phenols is 1. The van der Waals surface area contributed by atoms with Gasteiger partial charge in [0, 0.05) is 6.07 Å². The number of rotatable bonds is 12. The fourth-order valence-corrected chi connectivity index (χ4v) is 9.12.